The van der Waals surface area contributed by atoms with Crippen LogP contribution in [-0.2, 0) is 27.7 Å². The van der Waals surface area contributed by atoms with Gasteiger partial charge in [-0.1, -0.05) is 12.6 Å². The van der Waals surface area contributed by atoms with Gasteiger partial charge in [0.2, 0.25) is 15.9 Å². The summed E-state index contributed by atoms with van der Waals surface area (Å²) in [5, 5.41) is 8.23. The van der Waals surface area contributed by atoms with Crippen LogP contribution < -0.4 is 10.5 Å². The fourth-order valence-corrected chi connectivity index (χ4v) is 4.98. The fourth-order valence-electron chi connectivity index (χ4n) is 4.15. The number of aliphatic imine (C=N–C) groups is 1. The number of carbonyl (C=O) groups is 1. The average Bonchev–Trinajstić information content (AvgIpc) is 2.90. The zero-order chi connectivity index (χ0) is 17.8. The Kier molecular flexibility index (Phi) is 3.66. The van der Waals surface area contributed by atoms with E-state index in [1.54, 1.807) is 18.3 Å². The highest BCUT2D eigenvalue weighted by atomic mass is 32.2. The lowest BCUT2D eigenvalue weighted by Gasteiger charge is -2.26. The Morgan fingerprint density at radius 2 is 1.88 bits per heavy atom. The van der Waals surface area contributed by atoms with Crippen molar-refractivity contribution in [3.05, 3.63) is 53.3 Å². The van der Waals surface area contributed by atoms with Crippen molar-refractivity contribution in [2.24, 2.45) is 16.0 Å². The first-order valence-corrected chi connectivity index (χ1v) is 9.84. The van der Waals surface area contributed by atoms with Crippen LogP contribution in [0, 0.1) is 5.92 Å². The number of hydrogen-bond acceptors (Lipinski definition) is 4. The van der Waals surface area contributed by atoms with Gasteiger partial charge >= 0.3 is 0 Å². The van der Waals surface area contributed by atoms with Gasteiger partial charge in [0.05, 0.1) is 16.7 Å². The van der Waals surface area contributed by atoms with Crippen molar-refractivity contribution < 1.29 is 13.2 Å². The molecule has 2 heterocycles. The predicted molar refractivity (Wildman–Crippen MR) is 94.5 cm³/mol. The van der Waals surface area contributed by atoms with E-state index < -0.39 is 15.9 Å². The minimum absolute atomic E-state index is 0.121. The number of primary sulfonamides is 1. The van der Waals surface area contributed by atoms with Crippen LogP contribution in [0.4, 0.5) is 0 Å². The van der Waals surface area contributed by atoms with Crippen LogP contribution in [0.2, 0.25) is 0 Å². The van der Waals surface area contributed by atoms with Gasteiger partial charge in [-0.3, -0.25) is 4.79 Å². The lowest BCUT2D eigenvalue weighted by atomic mass is 9.77. The van der Waals surface area contributed by atoms with E-state index in [4.69, 9.17) is 5.14 Å². The summed E-state index contributed by atoms with van der Waals surface area (Å²) < 4.78 is 23.9. The molecule has 0 spiro atoms. The summed E-state index contributed by atoms with van der Waals surface area (Å²) in [4.78, 5) is 17.1. The van der Waals surface area contributed by atoms with Crippen molar-refractivity contribution in [2.75, 3.05) is 0 Å². The summed E-state index contributed by atoms with van der Waals surface area (Å²) in [5.41, 5.74) is 3.41. The van der Waals surface area contributed by atoms with E-state index in [-0.39, 0.29) is 16.7 Å². The first kappa shape index (κ1) is 16.2. The minimum Gasteiger partial charge on any atom is -0.313 e. The van der Waals surface area contributed by atoms with Crippen LogP contribution in [-0.4, -0.2) is 20.2 Å². The molecule has 7 heteroatoms. The maximum atomic E-state index is 12.7. The van der Waals surface area contributed by atoms with Crippen LogP contribution in [0.1, 0.15) is 35.4 Å². The molecule has 1 aromatic rings. The molecule has 1 aliphatic carbocycles. The minimum atomic E-state index is -3.79. The van der Waals surface area contributed by atoms with Gasteiger partial charge < -0.3 is 5.32 Å². The van der Waals surface area contributed by atoms with Gasteiger partial charge in [0.15, 0.2) is 0 Å². The molecule has 2 atom stereocenters. The summed E-state index contributed by atoms with van der Waals surface area (Å²) in [6.07, 6.45) is 6.74. The molecule has 0 aromatic heterocycles. The van der Waals surface area contributed by atoms with Crippen molar-refractivity contribution in [2.45, 2.75) is 36.5 Å². The summed E-state index contributed by atoms with van der Waals surface area (Å²) in [7, 11) is -3.79. The van der Waals surface area contributed by atoms with Crippen LogP contribution in [0.25, 0.3) is 0 Å². The lowest BCUT2D eigenvalue weighted by Crippen LogP contribution is -2.23. The van der Waals surface area contributed by atoms with E-state index >= 15 is 0 Å². The number of nitrogens with zero attached hydrogens (tertiary/aromatic N) is 1. The van der Waals surface area contributed by atoms with Gasteiger partial charge in [-0.15, -0.1) is 0 Å². The van der Waals surface area contributed by atoms with Gasteiger partial charge in [-0.2, -0.15) is 0 Å². The van der Waals surface area contributed by atoms with E-state index in [1.807, 2.05) is 6.08 Å². The number of amidine groups is 1. The topological polar surface area (TPSA) is 102 Å². The number of hydrogen-bond donors (Lipinski definition) is 2. The van der Waals surface area contributed by atoms with Crippen LogP contribution >= 0.6 is 0 Å². The van der Waals surface area contributed by atoms with Gasteiger partial charge in [0, 0.05) is 6.20 Å². The molecule has 1 saturated heterocycles. The second-order valence-corrected chi connectivity index (χ2v) is 8.24. The number of fused-ring (bicyclic) bond motifs is 2. The lowest BCUT2D eigenvalue weighted by molar-refractivity contribution is -0.120. The van der Waals surface area contributed by atoms with Crippen LogP contribution in [0.5, 0.6) is 0 Å². The summed E-state index contributed by atoms with van der Waals surface area (Å²) in [6.45, 7) is 4.06. The molecule has 2 unspecified atom stereocenters. The number of rotatable bonds is 2. The quantitative estimate of drug-likeness (QED) is 0.839. The van der Waals surface area contributed by atoms with Crippen molar-refractivity contribution >= 4 is 21.8 Å². The summed E-state index contributed by atoms with van der Waals surface area (Å²) in [5.74, 6) is -0.159. The van der Waals surface area contributed by atoms with Crippen molar-refractivity contribution in [1.29, 1.82) is 0 Å². The van der Waals surface area contributed by atoms with Crippen LogP contribution in [0.15, 0.2) is 46.4 Å². The largest absolute Gasteiger partial charge is 0.313 e. The first-order chi connectivity index (χ1) is 11.9. The third kappa shape index (κ3) is 2.54. The first-order valence-electron chi connectivity index (χ1n) is 8.29. The Morgan fingerprint density at radius 1 is 1.16 bits per heavy atom. The number of allylic oxidation sites excluding steroid dienone is 1. The molecule has 6 nitrogen and oxygen atoms in total. The highest BCUT2D eigenvalue weighted by Gasteiger charge is 2.44. The van der Waals surface area contributed by atoms with Crippen LogP contribution in [0.3, 0.4) is 0 Å². The molecule has 1 fully saturated rings. The molecule has 1 amide bonds. The molecule has 0 bridgehead atoms. The molecule has 1 aromatic carbocycles. The molecule has 0 radical (unpaired) electrons. The van der Waals surface area contributed by atoms with Crippen molar-refractivity contribution in [3.8, 4) is 0 Å². The van der Waals surface area contributed by atoms with Gasteiger partial charge in [-0.25, -0.2) is 18.5 Å². The SMILES string of the molecule is C=C1C=CN=C2NC(=O)C(c3ccc(S(N)(=O)=O)c4c3CCCC4)C12. The molecule has 3 N–H and O–H groups in total. The zero-order valence-electron chi connectivity index (χ0n) is 13.7. The molecular weight excluding hydrogens is 338 g/mol. The zero-order valence-corrected chi connectivity index (χ0v) is 14.5. The Hall–Kier alpha value is -2.25. The highest BCUT2D eigenvalue weighted by Crippen LogP contribution is 2.41. The maximum Gasteiger partial charge on any atom is 0.238 e. The van der Waals surface area contributed by atoms with E-state index in [2.05, 4.69) is 16.9 Å². The molecule has 4 rings (SSSR count). The molecule has 3 aliphatic rings. The maximum absolute atomic E-state index is 12.7. The number of amides is 1. The van der Waals surface area contributed by atoms with E-state index in [9.17, 15) is 13.2 Å². The summed E-state index contributed by atoms with van der Waals surface area (Å²) >= 11 is 0. The second kappa shape index (κ2) is 5.64. The highest BCUT2D eigenvalue weighted by molar-refractivity contribution is 7.89. The monoisotopic (exact) mass is 357 g/mol. The van der Waals surface area contributed by atoms with E-state index in [0.29, 0.717) is 12.3 Å². The second-order valence-electron chi connectivity index (χ2n) is 6.71. The van der Waals surface area contributed by atoms with Crippen molar-refractivity contribution in [3.63, 3.8) is 0 Å². The smallest absolute Gasteiger partial charge is 0.238 e. The van der Waals surface area contributed by atoms with Crippen molar-refractivity contribution in [1.82, 2.24) is 5.32 Å². The Balaban J connectivity index is 1.89. The fraction of sp³-hybridized carbons (Fsp3) is 0.333. The molecule has 0 saturated carbocycles. The standard InChI is InChI=1S/C18H19N3O3S/c1-10-8-9-20-17-15(10)16(18(22)21-17)13-6-7-14(25(19,23)24)12-5-3-2-4-11(12)13/h6-9,15-16H,1-5H2,(H2,19,23,24)(H,20,21,22). The van der Waals surface area contributed by atoms with Gasteiger partial charge in [-0.05, 0) is 60.1 Å². The molecule has 130 valence electrons. The predicted octanol–water partition coefficient (Wildman–Crippen LogP) is 1.52. The Labute approximate surface area is 146 Å². The number of carbonyl (C=O) groups excluding carboxylic acids is 1. The number of sulfonamides is 1. The molecule has 2 aliphatic heterocycles. The normalized spacial score (nSPS) is 25.2. The van der Waals surface area contributed by atoms with Gasteiger partial charge in [0.1, 0.15) is 5.84 Å². The van der Waals surface area contributed by atoms with E-state index in [0.717, 1.165) is 41.5 Å². The van der Waals surface area contributed by atoms with E-state index in [1.165, 1.54) is 0 Å². The third-order valence-electron chi connectivity index (χ3n) is 5.23. The molecule has 25 heavy (non-hydrogen) atoms. The molecular formula is C18H19N3O3S. The third-order valence-corrected chi connectivity index (χ3v) is 6.23. The Morgan fingerprint density at radius 3 is 2.60 bits per heavy atom. The number of nitrogens with two attached hydrogens (primary N) is 1. The van der Waals surface area contributed by atoms with Gasteiger partial charge in [0.25, 0.3) is 0 Å². The number of nitrogens with one attached hydrogen (secondary N) is 1. The Bertz CT molecular complexity index is 960. The average molecular weight is 357 g/mol. The number of benzene rings is 1. The summed E-state index contributed by atoms with van der Waals surface area (Å²) in [6, 6.07) is 3.28.